The van der Waals surface area contributed by atoms with Gasteiger partial charge in [0, 0.05) is 18.8 Å². The summed E-state index contributed by atoms with van der Waals surface area (Å²) in [4.78, 5) is 26.3. The molecule has 1 aliphatic rings. The van der Waals surface area contributed by atoms with Crippen molar-refractivity contribution in [1.29, 1.82) is 0 Å². The van der Waals surface area contributed by atoms with Gasteiger partial charge in [0.15, 0.2) is 5.76 Å². The van der Waals surface area contributed by atoms with Gasteiger partial charge >= 0.3 is 5.91 Å². The molecule has 0 bridgehead atoms. The largest absolute Gasteiger partial charge is 0.466 e. The van der Waals surface area contributed by atoms with E-state index < -0.39 is 5.91 Å². The molecule has 0 aliphatic heterocycles. The maximum atomic E-state index is 12.1. The highest BCUT2D eigenvalue weighted by atomic mass is 16.4. The van der Waals surface area contributed by atoms with Gasteiger partial charge in [-0.15, -0.1) is 0 Å². The van der Waals surface area contributed by atoms with E-state index in [0.29, 0.717) is 24.8 Å². The molecular weight excluding hydrogens is 358 g/mol. The molecule has 28 heavy (non-hydrogen) atoms. The summed E-state index contributed by atoms with van der Waals surface area (Å²) in [5.74, 6) is 3.17. The van der Waals surface area contributed by atoms with Gasteiger partial charge in [-0.1, -0.05) is 20.8 Å². The number of aryl methyl sites for hydroxylation is 1. The summed E-state index contributed by atoms with van der Waals surface area (Å²) in [6.45, 7) is 8.82. The normalized spacial score (nSPS) is 18.3. The Hall–Kier alpha value is -2.54. The fourth-order valence-electron chi connectivity index (χ4n) is 3.19. The number of nitrogens with one attached hydrogen (secondary N) is 2. The molecule has 1 aliphatic carbocycles. The van der Waals surface area contributed by atoms with Crippen LogP contribution in [0, 0.1) is 5.92 Å². The minimum Gasteiger partial charge on any atom is -0.466 e. The first-order chi connectivity index (χ1) is 13.5. The van der Waals surface area contributed by atoms with Crippen LogP contribution in [-0.2, 0) is 17.8 Å². The van der Waals surface area contributed by atoms with Gasteiger partial charge in [0.1, 0.15) is 17.3 Å². The maximum Gasteiger partial charge on any atom is 0.305 e. The van der Waals surface area contributed by atoms with Crippen LogP contribution < -0.4 is 10.9 Å². The first-order valence-electron chi connectivity index (χ1n) is 9.99. The smallest absolute Gasteiger partial charge is 0.305 e. The lowest BCUT2D eigenvalue weighted by Gasteiger charge is -2.15. The second-order valence-electron chi connectivity index (χ2n) is 7.35. The van der Waals surface area contributed by atoms with Crippen LogP contribution in [0.25, 0.3) is 0 Å². The van der Waals surface area contributed by atoms with Crippen LogP contribution in [0.1, 0.15) is 67.4 Å². The van der Waals surface area contributed by atoms with E-state index in [1.54, 1.807) is 12.1 Å². The second-order valence-corrected chi connectivity index (χ2v) is 7.35. The molecule has 7 heteroatoms. The summed E-state index contributed by atoms with van der Waals surface area (Å²) >= 11 is 0. The molecule has 7 nitrogen and oxygen atoms in total. The van der Waals surface area contributed by atoms with Gasteiger partial charge in [0.05, 0.1) is 6.54 Å². The van der Waals surface area contributed by atoms with Crippen LogP contribution >= 0.6 is 0 Å². The summed E-state index contributed by atoms with van der Waals surface area (Å²) in [6.07, 6.45) is 1.90. The van der Waals surface area contributed by atoms with E-state index in [1.807, 2.05) is 12.1 Å². The van der Waals surface area contributed by atoms with E-state index in [4.69, 9.17) is 8.83 Å². The van der Waals surface area contributed by atoms with Gasteiger partial charge < -0.3 is 8.83 Å². The van der Waals surface area contributed by atoms with Gasteiger partial charge in [0.2, 0.25) is 5.91 Å². The number of furan rings is 2. The Morgan fingerprint density at radius 3 is 2.46 bits per heavy atom. The number of hydrogen-bond donors (Lipinski definition) is 2. The number of amides is 2. The number of hydrogen-bond acceptors (Lipinski definition) is 5. The number of rotatable bonds is 9. The predicted octanol–water partition coefficient (Wildman–Crippen LogP) is 3.23. The summed E-state index contributed by atoms with van der Waals surface area (Å²) in [5, 5.41) is 0. The molecule has 2 atom stereocenters. The molecule has 2 N–H and O–H groups in total. The quantitative estimate of drug-likeness (QED) is 0.645. The van der Waals surface area contributed by atoms with Crippen molar-refractivity contribution in [2.45, 2.75) is 52.5 Å². The van der Waals surface area contributed by atoms with E-state index in [1.165, 1.54) is 6.42 Å². The van der Waals surface area contributed by atoms with Gasteiger partial charge in [-0.3, -0.25) is 25.3 Å². The second kappa shape index (κ2) is 9.10. The first kappa shape index (κ1) is 20.2. The Morgan fingerprint density at radius 1 is 1.07 bits per heavy atom. The first-order valence-corrected chi connectivity index (χ1v) is 9.99. The van der Waals surface area contributed by atoms with Crippen LogP contribution in [0.3, 0.4) is 0 Å². The van der Waals surface area contributed by atoms with Gasteiger partial charge in [-0.2, -0.15) is 0 Å². The Kier molecular flexibility index (Phi) is 6.57. The minimum absolute atomic E-state index is 0.177. The molecule has 2 aromatic rings. The molecule has 0 saturated heterocycles. The molecule has 0 spiro atoms. The van der Waals surface area contributed by atoms with E-state index in [9.17, 15) is 9.59 Å². The molecule has 0 radical (unpaired) electrons. The van der Waals surface area contributed by atoms with E-state index in [0.717, 1.165) is 30.4 Å². The van der Waals surface area contributed by atoms with Crippen molar-refractivity contribution in [3.8, 4) is 0 Å². The van der Waals surface area contributed by atoms with Crippen molar-refractivity contribution < 1.29 is 18.4 Å². The predicted molar refractivity (Wildman–Crippen MR) is 104 cm³/mol. The van der Waals surface area contributed by atoms with Crippen LogP contribution in [0.5, 0.6) is 0 Å². The van der Waals surface area contributed by atoms with Gasteiger partial charge in [-0.25, -0.2) is 0 Å². The zero-order valence-electron chi connectivity index (χ0n) is 16.8. The molecule has 2 aromatic heterocycles. The fourth-order valence-corrected chi connectivity index (χ4v) is 3.19. The third-order valence-corrected chi connectivity index (χ3v) is 5.23. The molecule has 2 amide bonds. The lowest BCUT2D eigenvalue weighted by molar-refractivity contribution is -0.121. The Bertz CT molecular complexity index is 806. The number of carbonyl (C=O) groups excluding carboxylic acids is 2. The molecule has 2 unspecified atom stereocenters. The third kappa shape index (κ3) is 5.25. The van der Waals surface area contributed by atoms with Crippen LogP contribution in [0.2, 0.25) is 0 Å². The van der Waals surface area contributed by atoms with E-state index in [2.05, 4.69) is 36.5 Å². The Labute approximate surface area is 165 Å². The number of nitrogens with zero attached hydrogens (tertiary/aromatic N) is 1. The van der Waals surface area contributed by atoms with Crippen LogP contribution in [-0.4, -0.2) is 29.8 Å². The molecule has 0 aromatic carbocycles. The molecule has 152 valence electrons. The number of carbonyl (C=O) groups is 2. The summed E-state index contributed by atoms with van der Waals surface area (Å²) < 4.78 is 11.4. The monoisotopic (exact) mass is 387 g/mol. The molecular formula is C21H29N3O4. The summed E-state index contributed by atoms with van der Waals surface area (Å²) in [5.41, 5.74) is 4.81. The summed E-state index contributed by atoms with van der Waals surface area (Å²) in [6, 6.07) is 7.32. The highest BCUT2D eigenvalue weighted by Gasteiger charge is 2.36. The lowest BCUT2D eigenvalue weighted by atomic mass is 10.2. The van der Waals surface area contributed by atoms with Crippen molar-refractivity contribution in [2.24, 2.45) is 5.92 Å². The summed E-state index contributed by atoms with van der Waals surface area (Å²) in [7, 11) is 0. The Morgan fingerprint density at radius 2 is 1.79 bits per heavy atom. The Balaban J connectivity index is 1.40. The zero-order valence-corrected chi connectivity index (χ0v) is 16.8. The standard InChI is InChI=1S/C21H29N3O4/c1-4-24(5-2)13-16-7-10-19(28-16)21(26)23-22-20(25)11-8-15-6-9-18(27-15)17-12-14(17)3/h6-7,9-10,14,17H,4-5,8,11-13H2,1-3H3,(H,22,25)(H,23,26). The van der Waals surface area contributed by atoms with Crippen molar-refractivity contribution in [2.75, 3.05) is 13.1 Å². The fraction of sp³-hybridized carbons (Fsp3) is 0.524. The number of hydrazine groups is 1. The highest BCUT2D eigenvalue weighted by molar-refractivity contribution is 5.92. The lowest BCUT2D eigenvalue weighted by Crippen LogP contribution is -2.41. The average Bonchev–Trinajstić information content (AvgIpc) is 3.10. The van der Waals surface area contributed by atoms with Gasteiger partial charge in [-0.05, 0) is 49.7 Å². The topological polar surface area (TPSA) is 87.7 Å². The van der Waals surface area contributed by atoms with Crippen molar-refractivity contribution in [3.63, 3.8) is 0 Å². The molecule has 1 fully saturated rings. The maximum absolute atomic E-state index is 12.1. The minimum atomic E-state index is -0.470. The molecule has 1 saturated carbocycles. The highest BCUT2D eigenvalue weighted by Crippen LogP contribution is 2.47. The molecule has 3 rings (SSSR count). The zero-order chi connectivity index (χ0) is 20.1. The van der Waals surface area contributed by atoms with Crippen molar-refractivity contribution in [1.82, 2.24) is 15.8 Å². The van der Waals surface area contributed by atoms with E-state index >= 15 is 0 Å². The van der Waals surface area contributed by atoms with Crippen LogP contribution in [0.4, 0.5) is 0 Å². The SMILES string of the molecule is CCN(CC)Cc1ccc(C(=O)NNC(=O)CCc2ccc(C3CC3C)o2)o1. The average molecular weight is 387 g/mol. The van der Waals surface area contributed by atoms with Crippen LogP contribution in [0.15, 0.2) is 33.1 Å². The van der Waals surface area contributed by atoms with Crippen molar-refractivity contribution in [3.05, 3.63) is 47.3 Å². The third-order valence-electron chi connectivity index (χ3n) is 5.23. The van der Waals surface area contributed by atoms with E-state index in [-0.39, 0.29) is 18.1 Å². The molecule has 2 heterocycles. The van der Waals surface area contributed by atoms with Gasteiger partial charge in [0.25, 0.3) is 0 Å². The van der Waals surface area contributed by atoms with Crippen molar-refractivity contribution >= 4 is 11.8 Å².